The monoisotopic (exact) mass is 1940 g/mol. The number of hydrogen-bond acceptors (Lipinski definition) is 23. The van der Waals surface area contributed by atoms with Crippen LogP contribution in [0.15, 0.2) is 0 Å². The summed E-state index contributed by atoms with van der Waals surface area (Å²) in [5, 5.41) is 170. The molecule has 8 atom stereocenters. The SMILES string of the molecule is CNCCC(CCN(C)C(=O)Nc1c(I)c(C(=O)N(CC(O)CO)CC(O)CO)c(I)c(C(=O)N(CC(O)CO)CC(O)CO)c1I)CCN(C)C(=O)Nc1c(I)c(C(=O)N(CC(O)CO)CC(O)CO)c(I)c(C(=O)N(CC(O)CO)CC(O)CO)c1I. The van der Waals surface area contributed by atoms with Crippen molar-refractivity contribution in [2.24, 2.45) is 5.92 Å². The number of rotatable bonds is 39. The maximum Gasteiger partial charge on any atom is 0.321 e. The van der Waals surface area contributed by atoms with Crippen LogP contribution in [-0.4, -0.2) is 342 Å². The Hall–Kier alpha value is -1.44. The lowest BCUT2D eigenvalue weighted by molar-refractivity contribution is 0.0203. The fourth-order valence-electron chi connectivity index (χ4n) is 8.53. The van der Waals surface area contributed by atoms with E-state index in [0.29, 0.717) is 25.8 Å². The second-order valence-corrected chi connectivity index (χ2v) is 27.2. The molecule has 0 heterocycles. The minimum absolute atomic E-state index is 0.0274. The second kappa shape index (κ2) is 42.2. The van der Waals surface area contributed by atoms with Crippen molar-refractivity contribution in [3.05, 3.63) is 43.7 Å². The summed E-state index contributed by atoms with van der Waals surface area (Å²) in [7, 11) is 4.69. The summed E-state index contributed by atoms with van der Waals surface area (Å²) < 4.78 is 0.234. The van der Waals surface area contributed by atoms with E-state index in [1.807, 2.05) is 0 Å². The van der Waals surface area contributed by atoms with Gasteiger partial charge in [-0.3, -0.25) is 19.2 Å². The number of hydrogen-bond donors (Lipinski definition) is 19. The first-order chi connectivity index (χ1) is 41.9. The van der Waals surface area contributed by atoms with Gasteiger partial charge in [0.25, 0.3) is 23.6 Å². The van der Waals surface area contributed by atoms with E-state index >= 15 is 0 Å². The minimum Gasteiger partial charge on any atom is -0.394 e. The van der Waals surface area contributed by atoms with Gasteiger partial charge in [-0.25, -0.2) is 9.59 Å². The molecule has 0 aliphatic rings. The number of halogens is 6. The van der Waals surface area contributed by atoms with Crippen LogP contribution in [0.25, 0.3) is 0 Å². The normalized spacial score (nSPS) is 14.6. The molecule has 0 aliphatic heterocycles. The number of nitrogens with zero attached hydrogens (tertiary/aromatic N) is 6. The predicted octanol–water partition coefficient (Wildman–Crippen LogP) is -3.46. The first kappa shape index (κ1) is 83.6. The third-order valence-corrected chi connectivity index (χ3v) is 20.0. The molecule has 0 saturated heterocycles. The summed E-state index contributed by atoms with van der Waals surface area (Å²) >= 11 is 10.6. The molecule has 0 spiro atoms. The summed E-state index contributed by atoms with van der Waals surface area (Å²) in [5.74, 6) is -3.85. The van der Waals surface area contributed by atoms with E-state index in [2.05, 4.69) is 16.0 Å². The van der Waals surface area contributed by atoms with Gasteiger partial charge in [-0.15, -0.1) is 0 Å². The number of urea groups is 2. The number of anilines is 2. The van der Waals surface area contributed by atoms with Gasteiger partial charge in [-0.05, 0) is 174 Å². The molecule has 8 unspecified atom stereocenters. The zero-order valence-corrected chi connectivity index (χ0v) is 61.8. The van der Waals surface area contributed by atoms with Gasteiger partial charge in [-0.1, -0.05) is 0 Å². The summed E-state index contributed by atoms with van der Waals surface area (Å²) in [6.07, 6.45) is -11.0. The van der Waals surface area contributed by atoms with Crippen molar-refractivity contribution in [1.82, 2.24) is 34.7 Å². The molecule has 89 heavy (non-hydrogen) atoms. The Balaban J connectivity index is 2.70. The average Bonchev–Trinajstić information content (AvgIpc) is 2.42. The van der Waals surface area contributed by atoms with Crippen LogP contribution in [0.5, 0.6) is 0 Å². The van der Waals surface area contributed by atoms with Crippen LogP contribution < -0.4 is 16.0 Å². The molecule has 37 heteroatoms. The zero-order chi connectivity index (χ0) is 67.7. The molecular weight excluding hydrogens is 1860 g/mol. The predicted molar refractivity (Wildman–Crippen MR) is 372 cm³/mol. The molecule has 0 saturated carbocycles. The van der Waals surface area contributed by atoms with Gasteiger partial charge in [0.05, 0.1) is 150 Å². The average molecular weight is 1950 g/mol. The molecule has 0 radical (unpaired) electrons. The van der Waals surface area contributed by atoms with Crippen LogP contribution in [0.2, 0.25) is 0 Å². The van der Waals surface area contributed by atoms with Crippen LogP contribution in [0.1, 0.15) is 60.7 Å². The molecule has 31 nitrogen and oxygen atoms in total. The zero-order valence-electron chi connectivity index (χ0n) is 48.8. The van der Waals surface area contributed by atoms with E-state index in [1.165, 1.54) is 23.9 Å². The van der Waals surface area contributed by atoms with Gasteiger partial charge in [0, 0.05) is 86.7 Å². The molecule has 0 aromatic heterocycles. The lowest BCUT2D eigenvalue weighted by atomic mass is 9.97. The van der Waals surface area contributed by atoms with E-state index in [9.17, 15) is 110 Å². The quantitative estimate of drug-likeness (QED) is 0.0289. The Kier molecular flexibility index (Phi) is 39.6. The third kappa shape index (κ3) is 25.3. The number of aliphatic hydroxyl groups excluding tert-OH is 16. The van der Waals surface area contributed by atoms with Crippen molar-refractivity contribution in [3.8, 4) is 0 Å². The molecule has 2 aromatic carbocycles. The lowest BCUT2D eigenvalue weighted by Crippen LogP contribution is -2.46. The van der Waals surface area contributed by atoms with Crippen molar-refractivity contribution in [2.75, 3.05) is 157 Å². The number of carbonyl (C=O) groups excluding carboxylic acids is 6. The number of benzene rings is 2. The van der Waals surface area contributed by atoms with Crippen molar-refractivity contribution in [2.45, 2.75) is 68.1 Å². The molecule has 19 N–H and O–H groups in total. The highest BCUT2D eigenvalue weighted by Crippen LogP contribution is 2.39. The lowest BCUT2D eigenvalue weighted by Gasteiger charge is -2.31. The van der Waals surface area contributed by atoms with Crippen LogP contribution in [0.4, 0.5) is 21.0 Å². The molecule has 508 valence electrons. The van der Waals surface area contributed by atoms with Crippen LogP contribution in [0, 0.1) is 27.3 Å². The van der Waals surface area contributed by atoms with Crippen LogP contribution in [-0.2, 0) is 0 Å². The summed E-state index contributed by atoms with van der Waals surface area (Å²) in [6, 6.07) is -1.47. The highest BCUT2D eigenvalue weighted by atomic mass is 127. The molecule has 0 fully saturated rings. The molecular formula is C52H81I6N9O22. The fraction of sp³-hybridized carbons (Fsp3) is 0.654. The van der Waals surface area contributed by atoms with Gasteiger partial charge in [0.1, 0.15) is 0 Å². The molecule has 8 amide bonds. The number of aliphatic hydroxyl groups is 16. The summed E-state index contributed by atoms with van der Waals surface area (Å²) in [6.45, 7) is -10.2. The van der Waals surface area contributed by atoms with E-state index in [0.717, 1.165) is 19.6 Å². The largest absolute Gasteiger partial charge is 0.394 e. The summed E-state index contributed by atoms with van der Waals surface area (Å²) in [5.41, 5.74) is -1.03. The number of amides is 8. The topological polar surface area (TPSA) is 482 Å². The smallest absolute Gasteiger partial charge is 0.321 e. The van der Waals surface area contributed by atoms with Gasteiger partial charge < -0.3 is 127 Å². The maximum atomic E-state index is 14.6. The highest BCUT2D eigenvalue weighted by molar-refractivity contribution is 14.1. The summed E-state index contributed by atoms with van der Waals surface area (Å²) in [4.78, 5) is 93.5. The molecule has 2 rings (SSSR count). The highest BCUT2D eigenvalue weighted by Gasteiger charge is 2.37. The van der Waals surface area contributed by atoms with Gasteiger partial charge in [-0.2, -0.15) is 0 Å². The van der Waals surface area contributed by atoms with Crippen molar-refractivity contribution in [1.29, 1.82) is 0 Å². The molecule has 0 aliphatic carbocycles. The Morgan fingerprint density at radius 2 is 0.562 bits per heavy atom. The first-order valence-electron chi connectivity index (χ1n) is 27.5. The Bertz CT molecular complexity index is 2300. The van der Waals surface area contributed by atoms with Crippen LogP contribution in [0.3, 0.4) is 0 Å². The van der Waals surface area contributed by atoms with Gasteiger partial charge in [0.15, 0.2) is 0 Å². The van der Waals surface area contributed by atoms with E-state index in [1.54, 1.807) is 143 Å². The first-order valence-corrected chi connectivity index (χ1v) is 33.9. The Morgan fingerprint density at radius 3 is 0.742 bits per heavy atom. The molecule has 2 aromatic rings. The minimum atomic E-state index is -1.52. The number of nitrogens with one attached hydrogen (secondary N) is 3. The Morgan fingerprint density at radius 1 is 0.360 bits per heavy atom. The van der Waals surface area contributed by atoms with Crippen LogP contribution >= 0.6 is 136 Å². The van der Waals surface area contributed by atoms with E-state index in [-0.39, 0.29) is 74.1 Å². The number of carbonyl (C=O) groups is 6. The second-order valence-electron chi connectivity index (χ2n) is 20.7. The maximum absolute atomic E-state index is 14.6. The van der Waals surface area contributed by atoms with Gasteiger partial charge >= 0.3 is 12.1 Å². The third-order valence-electron chi connectivity index (χ3n) is 13.5. The van der Waals surface area contributed by atoms with E-state index < -0.39 is 190 Å². The fourth-order valence-corrected chi connectivity index (χ4v) is 17.2. The van der Waals surface area contributed by atoms with Crippen molar-refractivity contribution < 1.29 is 110 Å². The Labute approximate surface area is 596 Å². The standard InChI is InChI=1S/C52H81I6N9O22/c1-59-7-4-26(5-8-62(2)51(88)60-45-41(55)35(47(84)64(10-27(76)18-68)11-28(77)19-69)39(53)36(42(45)56)48(85)65(12-29(78)20-70)13-30(79)21-71)6-9-63(3)52(89)61-46-43(57)37(49(86)66(14-31(80)22-72)15-32(81)23-73)40(54)38(44(46)58)50(87)67(16-33(82)24-74)17-34(83)25-75/h26-34,59,68-83H,4-25H2,1-3H3,(H,60,88)(H,61,89). The van der Waals surface area contributed by atoms with E-state index in [4.69, 9.17) is 0 Å². The van der Waals surface area contributed by atoms with Crippen molar-refractivity contribution in [3.63, 3.8) is 0 Å². The van der Waals surface area contributed by atoms with Crippen molar-refractivity contribution >= 4 is 183 Å². The molecule has 0 bridgehead atoms. The van der Waals surface area contributed by atoms with Gasteiger partial charge in [0.2, 0.25) is 0 Å².